The second kappa shape index (κ2) is 8.04. The summed E-state index contributed by atoms with van der Waals surface area (Å²) in [5.41, 5.74) is 1.26. The van der Waals surface area contributed by atoms with E-state index >= 15 is 0 Å². The number of benzene rings is 1. The standard InChI is InChI=1S/C15H23Cl2N/c1-4-7-18-10-12(3)11(2)8-13-5-6-14(16)15(17)9-13/h5-6,9,11-12,18H,4,7-8,10H2,1-3H3. The predicted octanol–water partition coefficient (Wildman–Crippen LogP) is 4.81. The van der Waals surface area contributed by atoms with Gasteiger partial charge in [0.25, 0.3) is 0 Å². The van der Waals surface area contributed by atoms with Crippen LogP contribution in [0.5, 0.6) is 0 Å². The van der Waals surface area contributed by atoms with Crippen molar-refractivity contribution in [3.63, 3.8) is 0 Å². The van der Waals surface area contributed by atoms with E-state index < -0.39 is 0 Å². The molecule has 102 valence electrons. The molecule has 0 aliphatic heterocycles. The zero-order valence-corrected chi connectivity index (χ0v) is 13.0. The van der Waals surface area contributed by atoms with E-state index in [0.717, 1.165) is 19.5 Å². The van der Waals surface area contributed by atoms with Crippen molar-refractivity contribution >= 4 is 23.2 Å². The highest BCUT2D eigenvalue weighted by molar-refractivity contribution is 6.42. The molecule has 2 atom stereocenters. The van der Waals surface area contributed by atoms with Crippen LogP contribution >= 0.6 is 23.2 Å². The van der Waals surface area contributed by atoms with Gasteiger partial charge in [0.1, 0.15) is 0 Å². The molecule has 0 heterocycles. The van der Waals surface area contributed by atoms with Crippen LogP contribution in [0.2, 0.25) is 10.0 Å². The molecule has 1 aromatic rings. The van der Waals surface area contributed by atoms with E-state index in [9.17, 15) is 0 Å². The summed E-state index contributed by atoms with van der Waals surface area (Å²) in [4.78, 5) is 0. The molecule has 1 rings (SSSR count). The van der Waals surface area contributed by atoms with Crippen LogP contribution in [-0.2, 0) is 6.42 Å². The Bertz CT molecular complexity index is 366. The van der Waals surface area contributed by atoms with Crippen molar-refractivity contribution in [2.45, 2.75) is 33.6 Å². The highest BCUT2D eigenvalue weighted by Crippen LogP contribution is 2.25. The fourth-order valence-corrected chi connectivity index (χ4v) is 2.27. The van der Waals surface area contributed by atoms with Gasteiger partial charge in [0.15, 0.2) is 0 Å². The lowest BCUT2D eigenvalue weighted by molar-refractivity contribution is 0.365. The maximum Gasteiger partial charge on any atom is 0.0595 e. The van der Waals surface area contributed by atoms with Crippen LogP contribution in [-0.4, -0.2) is 13.1 Å². The van der Waals surface area contributed by atoms with Crippen molar-refractivity contribution < 1.29 is 0 Å². The number of nitrogens with one attached hydrogen (secondary N) is 1. The second-order valence-electron chi connectivity index (χ2n) is 5.11. The monoisotopic (exact) mass is 287 g/mol. The minimum atomic E-state index is 0.630. The minimum Gasteiger partial charge on any atom is -0.316 e. The van der Waals surface area contributed by atoms with E-state index in [1.807, 2.05) is 12.1 Å². The summed E-state index contributed by atoms with van der Waals surface area (Å²) in [6.07, 6.45) is 2.24. The molecule has 1 N–H and O–H groups in total. The SMILES string of the molecule is CCCNCC(C)C(C)Cc1ccc(Cl)c(Cl)c1. The summed E-state index contributed by atoms with van der Waals surface area (Å²) >= 11 is 12.0. The maximum absolute atomic E-state index is 6.03. The zero-order valence-electron chi connectivity index (χ0n) is 11.5. The minimum absolute atomic E-state index is 0.630. The third-order valence-corrected chi connectivity index (χ3v) is 4.15. The molecule has 3 heteroatoms. The fraction of sp³-hybridized carbons (Fsp3) is 0.600. The first-order chi connectivity index (χ1) is 8.54. The van der Waals surface area contributed by atoms with Crippen LogP contribution in [0.4, 0.5) is 0 Å². The first kappa shape index (κ1) is 15.8. The summed E-state index contributed by atoms with van der Waals surface area (Å²) in [5.74, 6) is 1.29. The Morgan fingerprint density at radius 3 is 2.44 bits per heavy atom. The lowest BCUT2D eigenvalue weighted by Crippen LogP contribution is -2.26. The van der Waals surface area contributed by atoms with E-state index in [1.54, 1.807) is 0 Å². The summed E-state index contributed by atoms with van der Waals surface area (Å²) in [6.45, 7) is 8.96. The summed E-state index contributed by atoms with van der Waals surface area (Å²) in [5, 5.41) is 4.76. The molecule has 2 unspecified atom stereocenters. The Balaban J connectivity index is 2.47. The van der Waals surface area contributed by atoms with Gasteiger partial charge in [0, 0.05) is 0 Å². The largest absolute Gasteiger partial charge is 0.316 e. The van der Waals surface area contributed by atoms with Crippen molar-refractivity contribution in [2.75, 3.05) is 13.1 Å². The Hall–Kier alpha value is -0.240. The zero-order chi connectivity index (χ0) is 13.5. The molecular formula is C15H23Cl2N. The topological polar surface area (TPSA) is 12.0 Å². The normalized spacial score (nSPS) is 14.5. The molecule has 0 aliphatic rings. The van der Waals surface area contributed by atoms with Crippen molar-refractivity contribution in [1.82, 2.24) is 5.32 Å². The Labute approximate surface area is 121 Å². The van der Waals surface area contributed by atoms with E-state index in [0.29, 0.717) is 21.9 Å². The second-order valence-corrected chi connectivity index (χ2v) is 5.93. The van der Waals surface area contributed by atoms with E-state index in [2.05, 4.69) is 32.2 Å². The number of hydrogen-bond donors (Lipinski definition) is 1. The summed E-state index contributed by atoms with van der Waals surface area (Å²) < 4.78 is 0. The van der Waals surface area contributed by atoms with Crippen LogP contribution < -0.4 is 5.32 Å². The van der Waals surface area contributed by atoms with Crippen LogP contribution in [0.1, 0.15) is 32.8 Å². The van der Waals surface area contributed by atoms with Crippen molar-refractivity contribution in [3.05, 3.63) is 33.8 Å². The molecule has 0 spiro atoms. The molecule has 1 nitrogen and oxygen atoms in total. The molecule has 0 aliphatic carbocycles. The van der Waals surface area contributed by atoms with Gasteiger partial charge in [0.2, 0.25) is 0 Å². The average molecular weight is 288 g/mol. The highest BCUT2D eigenvalue weighted by atomic mass is 35.5. The lowest BCUT2D eigenvalue weighted by atomic mass is 9.89. The summed E-state index contributed by atoms with van der Waals surface area (Å²) in [7, 11) is 0. The van der Waals surface area contributed by atoms with Crippen LogP contribution in [0, 0.1) is 11.8 Å². The van der Waals surface area contributed by atoms with E-state index in [4.69, 9.17) is 23.2 Å². The van der Waals surface area contributed by atoms with Gasteiger partial charge in [-0.15, -0.1) is 0 Å². The molecule has 18 heavy (non-hydrogen) atoms. The first-order valence-electron chi connectivity index (χ1n) is 6.69. The molecular weight excluding hydrogens is 265 g/mol. The number of hydrogen-bond acceptors (Lipinski definition) is 1. The van der Waals surface area contributed by atoms with Crippen molar-refractivity contribution in [2.24, 2.45) is 11.8 Å². The quantitative estimate of drug-likeness (QED) is 0.710. The van der Waals surface area contributed by atoms with Crippen molar-refractivity contribution in [3.8, 4) is 0 Å². The van der Waals surface area contributed by atoms with Gasteiger partial charge < -0.3 is 5.32 Å². The number of halogens is 2. The molecule has 0 fully saturated rings. The lowest BCUT2D eigenvalue weighted by Gasteiger charge is -2.20. The number of rotatable bonds is 7. The molecule has 0 amide bonds. The van der Waals surface area contributed by atoms with Gasteiger partial charge in [-0.1, -0.05) is 50.0 Å². The molecule has 1 aromatic carbocycles. The highest BCUT2D eigenvalue weighted by Gasteiger charge is 2.13. The summed E-state index contributed by atoms with van der Waals surface area (Å²) in [6, 6.07) is 5.93. The predicted molar refractivity (Wildman–Crippen MR) is 81.7 cm³/mol. The van der Waals surface area contributed by atoms with Crippen molar-refractivity contribution in [1.29, 1.82) is 0 Å². The molecule has 0 bridgehead atoms. The first-order valence-corrected chi connectivity index (χ1v) is 7.44. The maximum atomic E-state index is 6.03. The van der Waals surface area contributed by atoms with Crippen LogP contribution in [0.3, 0.4) is 0 Å². The Morgan fingerprint density at radius 2 is 1.83 bits per heavy atom. The molecule has 0 saturated heterocycles. The third-order valence-electron chi connectivity index (χ3n) is 3.41. The van der Waals surface area contributed by atoms with E-state index in [-0.39, 0.29) is 0 Å². The smallest absolute Gasteiger partial charge is 0.0595 e. The Morgan fingerprint density at radius 1 is 1.11 bits per heavy atom. The van der Waals surface area contributed by atoms with E-state index in [1.165, 1.54) is 12.0 Å². The van der Waals surface area contributed by atoms with Gasteiger partial charge in [0.05, 0.1) is 10.0 Å². The van der Waals surface area contributed by atoms with Gasteiger partial charge in [-0.05, 0) is 55.5 Å². The van der Waals surface area contributed by atoms with Crippen LogP contribution in [0.25, 0.3) is 0 Å². The third kappa shape index (κ3) is 5.17. The van der Waals surface area contributed by atoms with Crippen LogP contribution in [0.15, 0.2) is 18.2 Å². The molecule has 0 aromatic heterocycles. The van der Waals surface area contributed by atoms with Gasteiger partial charge in [-0.3, -0.25) is 0 Å². The van der Waals surface area contributed by atoms with Gasteiger partial charge >= 0.3 is 0 Å². The molecule has 0 saturated carbocycles. The average Bonchev–Trinajstić information content (AvgIpc) is 2.34. The Kier molecular flexibility index (Phi) is 7.06. The fourth-order valence-electron chi connectivity index (χ4n) is 1.95. The van der Waals surface area contributed by atoms with Gasteiger partial charge in [-0.2, -0.15) is 0 Å². The van der Waals surface area contributed by atoms with Gasteiger partial charge in [-0.25, -0.2) is 0 Å². The molecule has 0 radical (unpaired) electrons.